The quantitative estimate of drug-likeness (QED) is 0.0173. The summed E-state index contributed by atoms with van der Waals surface area (Å²) in [7, 11) is 0. The molecule has 0 spiro atoms. The van der Waals surface area contributed by atoms with E-state index in [1.807, 2.05) is 34.4 Å². The van der Waals surface area contributed by atoms with Crippen LogP contribution in [0.25, 0.3) is 84.8 Å². The second-order valence-corrected chi connectivity index (χ2v) is 30.1. The fourth-order valence-corrected chi connectivity index (χ4v) is 17.4. The van der Waals surface area contributed by atoms with E-state index >= 15 is 0 Å². The first-order valence-electron chi connectivity index (χ1n) is 36.6. The summed E-state index contributed by atoms with van der Waals surface area (Å²) in [5, 5.41) is 13.8. The second-order valence-electron chi connectivity index (χ2n) is 26.8. The Morgan fingerprint density at radius 2 is 0.611 bits per heavy atom. The lowest BCUT2D eigenvalue weighted by atomic mass is 9.97. The third-order valence-electron chi connectivity index (χ3n) is 19.4. The largest absolute Gasteiger partial charge is 0.175 e. The lowest BCUT2D eigenvalue weighted by Crippen LogP contribution is -1.90. The molecule has 0 saturated heterocycles. The summed E-state index contributed by atoms with van der Waals surface area (Å²) in [6, 6.07) is 47.9. The molecule has 0 fully saturated rings. The zero-order valence-corrected chi connectivity index (χ0v) is 59.9. The highest BCUT2D eigenvalue weighted by molar-refractivity contribution is 7.98. The standard InChI is InChI=1S/C44H60S2.C42H52S2/c1-4-6-8-10-12-14-16-18-20-35-22-24-37-30-39(43(34-45)32-41(37)28-35)26-27-40-31-38-25-23-36(29-42(38)33-44(40)46-3)21-19-17-15-13-11-9-7-5-2;1-3-5-7-9-11-13-15-17-19-31-21-23-33-27-37-39(29-35(33)25-31)43-42-38-28-34-24-22-32(20-18-16-14-12-10-8-6-4-2)26-36(34)30-40(38)44-41(37)42/h22-33,45H,4-21,34H2,1-3H3;21-30H,3-20H2,1-2H3/b27-26+;. The van der Waals surface area contributed by atoms with Gasteiger partial charge >= 0.3 is 0 Å². The van der Waals surface area contributed by atoms with Crippen molar-refractivity contribution < 1.29 is 0 Å². The molecule has 480 valence electrons. The van der Waals surface area contributed by atoms with Crippen LogP contribution in [-0.2, 0) is 31.4 Å². The predicted molar refractivity (Wildman–Crippen MR) is 416 cm³/mol. The molecule has 0 amide bonds. The summed E-state index contributed by atoms with van der Waals surface area (Å²) in [6.45, 7) is 9.18. The third kappa shape index (κ3) is 21.0. The monoisotopic (exact) mass is 1270 g/mol. The number of thioether (sulfide) groups is 1. The van der Waals surface area contributed by atoms with Gasteiger partial charge in [-0.05, 0) is 188 Å². The highest BCUT2D eigenvalue weighted by atomic mass is 32.2. The van der Waals surface area contributed by atoms with Crippen LogP contribution in [0.15, 0.2) is 126 Å². The molecule has 0 atom stereocenters. The van der Waals surface area contributed by atoms with Gasteiger partial charge in [-0.3, -0.25) is 0 Å². The molecule has 0 nitrogen and oxygen atoms in total. The SMILES string of the molecule is CCCCCCCCCCc1ccc2cc(/C=C/c3cc4ccc(CCCCCCCCCC)cc4cc3SC)c(CS)cc2c1.CCCCCCCCCCc1ccc2cc3c(cc2c1)sc1c2cc4ccc(CCCCCCCCCC)cc4cc2sc31. The molecule has 0 bridgehead atoms. The Balaban J connectivity index is 0.000000214. The van der Waals surface area contributed by atoms with Crippen molar-refractivity contribution in [1.82, 2.24) is 0 Å². The van der Waals surface area contributed by atoms with Crippen molar-refractivity contribution in [2.24, 2.45) is 0 Å². The van der Waals surface area contributed by atoms with Gasteiger partial charge in [-0.2, -0.15) is 12.6 Å². The number of fused-ring (bicyclic) bond motifs is 9. The molecule has 0 aliphatic carbocycles. The number of hydrogen-bond acceptors (Lipinski definition) is 4. The van der Waals surface area contributed by atoms with Gasteiger partial charge in [-0.15, -0.1) is 34.4 Å². The van der Waals surface area contributed by atoms with Gasteiger partial charge in [0.25, 0.3) is 0 Å². The summed E-state index contributed by atoms with van der Waals surface area (Å²) in [5.41, 5.74) is 9.80. The Bertz CT molecular complexity index is 3540. The fourth-order valence-electron chi connectivity index (χ4n) is 13.9. The second kappa shape index (κ2) is 38.6. The fraction of sp³-hybridized carbons (Fsp3) is 0.488. The van der Waals surface area contributed by atoms with Gasteiger partial charge in [0.1, 0.15) is 0 Å². The molecule has 2 aromatic heterocycles. The van der Waals surface area contributed by atoms with Crippen molar-refractivity contribution in [2.75, 3.05) is 6.26 Å². The first kappa shape index (κ1) is 69.8. The Labute approximate surface area is 563 Å². The van der Waals surface area contributed by atoms with Gasteiger partial charge in [0.05, 0.1) is 9.40 Å². The van der Waals surface area contributed by atoms with Crippen molar-refractivity contribution in [3.8, 4) is 0 Å². The Kier molecular flexibility index (Phi) is 29.9. The smallest absolute Gasteiger partial charge is 0.0542 e. The summed E-state index contributed by atoms with van der Waals surface area (Å²) in [6.07, 6.45) is 55.7. The number of benzene rings is 8. The topological polar surface area (TPSA) is 0 Å². The Morgan fingerprint density at radius 1 is 0.311 bits per heavy atom. The molecule has 0 aliphatic rings. The summed E-state index contributed by atoms with van der Waals surface area (Å²) >= 11 is 10.6. The minimum Gasteiger partial charge on any atom is -0.175 e. The van der Waals surface area contributed by atoms with E-state index in [9.17, 15) is 0 Å². The molecule has 0 saturated carbocycles. The van der Waals surface area contributed by atoms with E-state index in [2.05, 4.69) is 167 Å². The van der Waals surface area contributed by atoms with E-state index in [1.54, 1.807) is 0 Å². The number of thiophene rings is 2. The first-order valence-corrected chi connectivity index (χ1v) is 40.1. The minimum absolute atomic E-state index is 0.743. The van der Waals surface area contributed by atoms with Crippen molar-refractivity contribution in [3.63, 3.8) is 0 Å². The number of aryl methyl sites for hydroxylation is 4. The van der Waals surface area contributed by atoms with Crippen LogP contribution in [0, 0.1) is 0 Å². The number of unbranched alkanes of at least 4 members (excludes halogenated alkanes) is 28. The van der Waals surface area contributed by atoms with Crippen LogP contribution < -0.4 is 0 Å². The molecule has 90 heavy (non-hydrogen) atoms. The summed E-state index contributed by atoms with van der Waals surface area (Å²) in [5.74, 6) is 0.743. The molecule has 2 heterocycles. The average Bonchev–Trinajstić information content (AvgIpc) is 2.13. The summed E-state index contributed by atoms with van der Waals surface area (Å²) in [4.78, 5) is 1.34. The summed E-state index contributed by atoms with van der Waals surface area (Å²) < 4.78 is 5.81. The zero-order valence-electron chi connectivity index (χ0n) is 56.5. The number of hydrogen-bond donors (Lipinski definition) is 1. The van der Waals surface area contributed by atoms with Crippen LogP contribution >= 0.6 is 47.1 Å². The van der Waals surface area contributed by atoms with Crippen molar-refractivity contribution in [2.45, 2.75) is 269 Å². The molecular weight excluding hydrogens is 1160 g/mol. The van der Waals surface area contributed by atoms with Gasteiger partial charge in [-0.25, -0.2) is 0 Å². The molecule has 4 heteroatoms. The number of rotatable bonds is 40. The third-order valence-corrected chi connectivity index (χ3v) is 23.1. The van der Waals surface area contributed by atoms with Crippen LogP contribution in [0.2, 0.25) is 0 Å². The van der Waals surface area contributed by atoms with Gasteiger partial charge in [0, 0.05) is 30.8 Å². The first-order chi connectivity index (χ1) is 44.4. The zero-order chi connectivity index (χ0) is 62.5. The maximum atomic E-state index is 4.73. The van der Waals surface area contributed by atoms with Crippen LogP contribution in [0.5, 0.6) is 0 Å². The molecule has 8 aromatic carbocycles. The van der Waals surface area contributed by atoms with E-state index in [0.717, 1.165) is 5.75 Å². The minimum atomic E-state index is 0.743. The Hall–Kier alpha value is -4.58. The molecule has 10 aromatic rings. The molecule has 10 rings (SSSR count). The van der Waals surface area contributed by atoms with Gasteiger partial charge < -0.3 is 0 Å². The molecule has 0 unspecified atom stereocenters. The van der Waals surface area contributed by atoms with Crippen LogP contribution in [-0.4, -0.2) is 6.26 Å². The van der Waals surface area contributed by atoms with Crippen LogP contribution in [0.4, 0.5) is 0 Å². The van der Waals surface area contributed by atoms with Crippen LogP contribution in [0.1, 0.15) is 272 Å². The van der Waals surface area contributed by atoms with E-state index in [4.69, 9.17) is 12.6 Å². The highest BCUT2D eigenvalue weighted by Crippen LogP contribution is 2.46. The number of thiol groups is 1. The van der Waals surface area contributed by atoms with E-state index in [-0.39, 0.29) is 0 Å². The van der Waals surface area contributed by atoms with Crippen molar-refractivity contribution in [1.29, 1.82) is 0 Å². The lowest BCUT2D eigenvalue weighted by Gasteiger charge is -2.11. The Morgan fingerprint density at radius 3 is 0.956 bits per heavy atom. The van der Waals surface area contributed by atoms with E-state index in [1.165, 1.54) is 348 Å². The highest BCUT2D eigenvalue weighted by Gasteiger charge is 2.15. The molecule has 0 aliphatic heterocycles. The van der Waals surface area contributed by atoms with Crippen LogP contribution in [0.3, 0.4) is 0 Å². The normalized spacial score (nSPS) is 12.0. The maximum Gasteiger partial charge on any atom is 0.0542 e. The average molecular weight is 1270 g/mol. The van der Waals surface area contributed by atoms with Gasteiger partial charge in [0.15, 0.2) is 0 Å². The molecular formula is C86H112S4. The van der Waals surface area contributed by atoms with E-state index < -0.39 is 0 Å². The molecule has 0 radical (unpaired) electrons. The van der Waals surface area contributed by atoms with Crippen molar-refractivity contribution in [3.05, 3.63) is 160 Å². The van der Waals surface area contributed by atoms with Crippen molar-refractivity contribution >= 4 is 132 Å². The van der Waals surface area contributed by atoms with E-state index in [0.29, 0.717) is 0 Å². The van der Waals surface area contributed by atoms with Gasteiger partial charge in [0.2, 0.25) is 0 Å². The maximum absolute atomic E-state index is 4.73. The molecule has 0 N–H and O–H groups in total. The lowest BCUT2D eigenvalue weighted by molar-refractivity contribution is 0.575. The van der Waals surface area contributed by atoms with Gasteiger partial charge in [-0.1, -0.05) is 292 Å². The predicted octanol–water partition coefficient (Wildman–Crippen LogP) is 29.6.